The first-order chi connectivity index (χ1) is 12.5. The SMILES string of the molecule is CCNC(=NCc1ccc(N2CCCCC2=O)cc1)NCC(=O)N(C)C. The van der Waals surface area contributed by atoms with Crippen LogP contribution in [-0.4, -0.2) is 56.4 Å². The van der Waals surface area contributed by atoms with E-state index in [1.807, 2.05) is 36.1 Å². The van der Waals surface area contributed by atoms with Gasteiger partial charge < -0.3 is 20.4 Å². The number of guanidine groups is 1. The molecule has 0 atom stereocenters. The molecule has 0 saturated carbocycles. The number of likely N-dealkylation sites (N-methyl/N-ethyl adjacent to an activating group) is 1. The van der Waals surface area contributed by atoms with Crippen LogP contribution in [0.25, 0.3) is 0 Å². The van der Waals surface area contributed by atoms with E-state index in [1.165, 1.54) is 4.90 Å². The van der Waals surface area contributed by atoms with E-state index in [0.717, 1.165) is 37.2 Å². The number of carbonyl (C=O) groups excluding carboxylic acids is 2. The zero-order valence-corrected chi connectivity index (χ0v) is 15.9. The maximum atomic E-state index is 12.0. The van der Waals surface area contributed by atoms with Gasteiger partial charge in [-0.05, 0) is 37.5 Å². The van der Waals surface area contributed by atoms with Gasteiger partial charge in [-0.2, -0.15) is 0 Å². The Morgan fingerprint density at radius 2 is 1.92 bits per heavy atom. The van der Waals surface area contributed by atoms with E-state index in [2.05, 4.69) is 15.6 Å². The second-order valence-electron chi connectivity index (χ2n) is 6.51. The molecule has 1 fully saturated rings. The van der Waals surface area contributed by atoms with Crippen LogP contribution in [0.5, 0.6) is 0 Å². The van der Waals surface area contributed by atoms with Crippen molar-refractivity contribution in [1.29, 1.82) is 0 Å². The molecule has 1 aromatic carbocycles. The van der Waals surface area contributed by atoms with Gasteiger partial charge in [-0.25, -0.2) is 4.99 Å². The van der Waals surface area contributed by atoms with Crippen molar-refractivity contribution < 1.29 is 9.59 Å². The number of amides is 2. The number of nitrogens with one attached hydrogen (secondary N) is 2. The Hall–Kier alpha value is -2.57. The van der Waals surface area contributed by atoms with Crippen LogP contribution in [0.4, 0.5) is 5.69 Å². The van der Waals surface area contributed by atoms with E-state index < -0.39 is 0 Å². The topological polar surface area (TPSA) is 77.0 Å². The second-order valence-corrected chi connectivity index (χ2v) is 6.51. The molecule has 1 aromatic rings. The molecule has 0 aliphatic carbocycles. The van der Waals surface area contributed by atoms with Gasteiger partial charge in [0.2, 0.25) is 11.8 Å². The van der Waals surface area contributed by atoms with Crippen molar-refractivity contribution in [2.45, 2.75) is 32.7 Å². The number of aliphatic imine (C=N–C) groups is 1. The molecule has 1 aliphatic rings. The lowest BCUT2D eigenvalue weighted by Crippen LogP contribution is -2.42. The number of hydrogen-bond acceptors (Lipinski definition) is 3. The summed E-state index contributed by atoms with van der Waals surface area (Å²) in [6.45, 7) is 4.20. The Morgan fingerprint density at radius 1 is 1.19 bits per heavy atom. The summed E-state index contributed by atoms with van der Waals surface area (Å²) in [5.74, 6) is 0.801. The van der Waals surface area contributed by atoms with Crippen molar-refractivity contribution in [2.24, 2.45) is 4.99 Å². The van der Waals surface area contributed by atoms with Gasteiger partial charge in [-0.3, -0.25) is 9.59 Å². The van der Waals surface area contributed by atoms with Crippen LogP contribution in [0.1, 0.15) is 31.7 Å². The van der Waals surface area contributed by atoms with Gasteiger partial charge in [-0.15, -0.1) is 0 Å². The first kappa shape index (κ1) is 19.8. The van der Waals surface area contributed by atoms with Gasteiger partial charge in [0.1, 0.15) is 0 Å². The molecule has 26 heavy (non-hydrogen) atoms. The van der Waals surface area contributed by atoms with Gasteiger partial charge in [0, 0.05) is 39.3 Å². The van der Waals surface area contributed by atoms with Gasteiger partial charge in [0.25, 0.3) is 0 Å². The molecule has 0 bridgehead atoms. The molecule has 0 aromatic heterocycles. The number of rotatable bonds is 6. The van der Waals surface area contributed by atoms with Gasteiger partial charge in [0.05, 0.1) is 13.1 Å². The van der Waals surface area contributed by atoms with Crippen molar-refractivity contribution in [3.05, 3.63) is 29.8 Å². The third-order valence-corrected chi connectivity index (χ3v) is 4.24. The average Bonchev–Trinajstić information content (AvgIpc) is 2.64. The predicted octanol–water partition coefficient (Wildman–Crippen LogP) is 1.35. The normalized spacial score (nSPS) is 15.0. The zero-order chi connectivity index (χ0) is 18.9. The van der Waals surface area contributed by atoms with Gasteiger partial charge in [-0.1, -0.05) is 12.1 Å². The molecule has 1 heterocycles. The minimum absolute atomic E-state index is 0.00819. The number of anilines is 1. The largest absolute Gasteiger partial charge is 0.357 e. The summed E-state index contributed by atoms with van der Waals surface area (Å²) in [6.07, 6.45) is 2.68. The molecule has 7 heteroatoms. The summed E-state index contributed by atoms with van der Waals surface area (Å²) in [6, 6.07) is 7.94. The van der Waals surface area contributed by atoms with Crippen molar-refractivity contribution >= 4 is 23.5 Å². The first-order valence-electron chi connectivity index (χ1n) is 9.13. The Labute approximate surface area is 155 Å². The minimum atomic E-state index is -0.00819. The van der Waals surface area contributed by atoms with E-state index in [9.17, 15) is 9.59 Å². The smallest absolute Gasteiger partial charge is 0.241 e. The highest BCUT2D eigenvalue weighted by Gasteiger charge is 2.19. The fourth-order valence-electron chi connectivity index (χ4n) is 2.69. The summed E-state index contributed by atoms with van der Waals surface area (Å²) < 4.78 is 0. The van der Waals surface area contributed by atoms with Crippen molar-refractivity contribution in [3.63, 3.8) is 0 Å². The molecule has 2 amide bonds. The van der Waals surface area contributed by atoms with Gasteiger partial charge in [0.15, 0.2) is 5.96 Å². The fraction of sp³-hybridized carbons (Fsp3) is 0.526. The van der Waals surface area contributed by atoms with Crippen LogP contribution in [-0.2, 0) is 16.1 Å². The molecule has 0 radical (unpaired) electrons. The van der Waals surface area contributed by atoms with Crippen LogP contribution >= 0.6 is 0 Å². The third kappa shape index (κ3) is 5.75. The monoisotopic (exact) mass is 359 g/mol. The molecular formula is C19H29N5O2. The number of piperidine rings is 1. The first-order valence-corrected chi connectivity index (χ1v) is 9.13. The summed E-state index contributed by atoms with van der Waals surface area (Å²) >= 11 is 0. The lowest BCUT2D eigenvalue weighted by Gasteiger charge is -2.26. The maximum absolute atomic E-state index is 12.0. The van der Waals surface area contributed by atoms with Crippen LogP contribution in [0.3, 0.4) is 0 Å². The van der Waals surface area contributed by atoms with Crippen LogP contribution in [0.15, 0.2) is 29.3 Å². The molecule has 1 saturated heterocycles. The Bertz CT molecular complexity index is 640. The molecule has 2 N–H and O–H groups in total. The van der Waals surface area contributed by atoms with E-state index in [0.29, 0.717) is 18.9 Å². The van der Waals surface area contributed by atoms with Crippen molar-refractivity contribution in [3.8, 4) is 0 Å². The maximum Gasteiger partial charge on any atom is 0.241 e. The number of carbonyl (C=O) groups is 2. The van der Waals surface area contributed by atoms with E-state index in [1.54, 1.807) is 14.1 Å². The average molecular weight is 359 g/mol. The van der Waals surface area contributed by atoms with Crippen molar-refractivity contribution in [1.82, 2.24) is 15.5 Å². The van der Waals surface area contributed by atoms with Crippen LogP contribution in [0, 0.1) is 0 Å². The highest BCUT2D eigenvalue weighted by Crippen LogP contribution is 2.21. The molecule has 2 rings (SSSR count). The Balaban J connectivity index is 1.95. The Morgan fingerprint density at radius 3 is 2.54 bits per heavy atom. The van der Waals surface area contributed by atoms with Gasteiger partial charge >= 0.3 is 0 Å². The number of hydrogen-bond donors (Lipinski definition) is 2. The molecule has 1 aliphatic heterocycles. The van der Waals surface area contributed by atoms with Crippen LogP contribution in [0.2, 0.25) is 0 Å². The third-order valence-electron chi connectivity index (χ3n) is 4.24. The lowest BCUT2D eigenvalue weighted by molar-refractivity contribution is -0.127. The number of nitrogens with zero attached hydrogens (tertiary/aromatic N) is 3. The van der Waals surface area contributed by atoms with E-state index in [4.69, 9.17) is 0 Å². The summed E-state index contributed by atoms with van der Waals surface area (Å²) in [5, 5.41) is 6.17. The highest BCUT2D eigenvalue weighted by molar-refractivity contribution is 5.94. The second kappa shape index (κ2) is 9.79. The van der Waals surface area contributed by atoms with E-state index >= 15 is 0 Å². The standard InChI is InChI=1S/C19H29N5O2/c1-4-20-19(22-14-18(26)23(2)3)21-13-15-8-10-16(11-9-15)24-12-6-5-7-17(24)25/h8-11H,4-7,12-14H2,1-3H3,(H2,20,21,22). The molecule has 142 valence electrons. The fourth-order valence-corrected chi connectivity index (χ4v) is 2.69. The van der Waals surface area contributed by atoms with Crippen molar-refractivity contribution in [2.75, 3.05) is 38.6 Å². The predicted molar refractivity (Wildman–Crippen MR) is 104 cm³/mol. The van der Waals surface area contributed by atoms with Crippen LogP contribution < -0.4 is 15.5 Å². The molecular weight excluding hydrogens is 330 g/mol. The summed E-state index contributed by atoms with van der Waals surface area (Å²) in [4.78, 5) is 31.6. The Kier molecular flexibility index (Phi) is 7.44. The summed E-state index contributed by atoms with van der Waals surface area (Å²) in [5.41, 5.74) is 2.00. The van der Waals surface area contributed by atoms with E-state index in [-0.39, 0.29) is 18.4 Å². The molecule has 0 spiro atoms. The quantitative estimate of drug-likeness (QED) is 0.594. The molecule has 0 unspecified atom stereocenters. The highest BCUT2D eigenvalue weighted by atomic mass is 16.2. The lowest BCUT2D eigenvalue weighted by atomic mass is 10.1. The zero-order valence-electron chi connectivity index (χ0n) is 15.9. The molecule has 7 nitrogen and oxygen atoms in total. The summed E-state index contributed by atoms with van der Waals surface area (Å²) in [7, 11) is 3.45. The minimum Gasteiger partial charge on any atom is -0.357 e. The number of benzene rings is 1.